The van der Waals surface area contributed by atoms with Crippen molar-refractivity contribution in [3.8, 4) is 0 Å². The molecule has 0 aliphatic rings. The van der Waals surface area contributed by atoms with Gasteiger partial charge in [-0.2, -0.15) is 0 Å². The number of hydrogen-bond donors (Lipinski definition) is 0. The predicted octanol–water partition coefficient (Wildman–Crippen LogP) is 25.2. The zero-order valence-electron chi connectivity index (χ0n) is 70.8. The molecule has 0 amide bonds. The van der Waals surface area contributed by atoms with Gasteiger partial charge in [-0.15, -0.1) is 0 Å². The molecule has 107 heavy (non-hydrogen) atoms. The molecule has 0 saturated heterocycles. The first-order valence-electron chi connectivity index (χ1n) is 32.9. The zero-order chi connectivity index (χ0) is 72.5. The second-order valence-electron chi connectivity index (χ2n) is 17.1. The Hall–Kier alpha value is -6.69. The van der Waals surface area contributed by atoms with E-state index >= 15 is 0 Å². The third-order valence-electron chi connectivity index (χ3n) is 9.14. The third kappa shape index (κ3) is 123. The molecule has 0 aliphatic carbocycles. The molecule has 0 atom stereocenters. The number of aromatic nitrogens is 12. The van der Waals surface area contributed by atoms with Gasteiger partial charge in [0.25, 0.3) is 0 Å². The van der Waals surface area contributed by atoms with Crippen LogP contribution in [-0.2, 0) is 111 Å². The minimum absolute atomic E-state index is 0. The summed E-state index contributed by atoms with van der Waals surface area (Å²) >= 11 is 0. The molecule has 0 N–H and O–H groups in total. The fourth-order valence-electron chi connectivity index (χ4n) is 6.02. The summed E-state index contributed by atoms with van der Waals surface area (Å²) in [5.41, 5.74) is 8.17. The van der Waals surface area contributed by atoms with Crippen LogP contribution in [0.5, 0.6) is 0 Å². The monoisotopic (exact) mass is 1680 g/mol. The Morgan fingerprint density at radius 3 is 0.336 bits per heavy atom. The van der Waals surface area contributed by atoms with Crippen LogP contribution in [0.3, 0.4) is 0 Å². The number of benzene rings is 6. The Labute approximate surface area is 729 Å². The summed E-state index contributed by atoms with van der Waals surface area (Å²) < 4.78 is 0. The van der Waals surface area contributed by atoms with Gasteiger partial charge in [0.15, 0.2) is 0 Å². The maximum atomic E-state index is 4.12. The molecular weight excluding hydrogens is 1540 g/mol. The fraction of sp³-hybridized carbons (Fsp3) is 0.258. The van der Waals surface area contributed by atoms with E-state index in [1.807, 2.05) is 396 Å². The van der Waals surface area contributed by atoms with Crippen molar-refractivity contribution in [1.82, 2.24) is 59.8 Å². The van der Waals surface area contributed by atoms with Crippen molar-refractivity contribution in [3.05, 3.63) is 406 Å². The Kier molecular flexibility index (Phi) is 172. The molecule has 12 rings (SSSR count). The molecule has 0 aliphatic heterocycles. The van der Waals surface area contributed by atoms with E-state index in [9.17, 15) is 0 Å². The van der Waals surface area contributed by atoms with E-state index in [2.05, 4.69) is 59.8 Å². The van der Waals surface area contributed by atoms with Gasteiger partial charge in [-0.25, -0.2) is 29.9 Å². The second-order valence-corrected chi connectivity index (χ2v) is 17.1. The van der Waals surface area contributed by atoms with E-state index in [4.69, 9.17) is 0 Å². The number of nitrogens with zero attached hydrogens (tertiary/aromatic N) is 12. The first-order valence-corrected chi connectivity index (χ1v) is 32.9. The quantitative estimate of drug-likeness (QED) is 0.133. The molecule has 0 bridgehead atoms. The van der Waals surface area contributed by atoms with Crippen molar-refractivity contribution >= 4 is 0 Å². The van der Waals surface area contributed by atoms with Crippen molar-refractivity contribution in [2.75, 3.05) is 0 Å². The van der Waals surface area contributed by atoms with Gasteiger partial charge < -0.3 is 44.6 Å². The van der Waals surface area contributed by atoms with Crippen LogP contribution in [0.2, 0.25) is 0 Å². The van der Waals surface area contributed by atoms with Crippen LogP contribution >= 0.6 is 0 Å². The van der Waals surface area contributed by atoms with Gasteiger partial charge in [-0.1, -0.05) is 301 Å². The summed E-state index contributed by atoms with van der Waals surface area (Å²) in [5.74, 6) is 2.56. The smallest absolute Gasteiger partial charge is 0.125 e. The molecule has 12 aromatic rings. The van der Waals surface area contributed by atoms with Crippen molar-refractivity contribution in [2.24, 2.45) is 0 Å². The molecule has 588 valence electrons. The second kappa shape index (κ2) is 126. The third-order valence-corrected chi connectivity index (χ3v) is 9.14. The molecule has 6 aromatic heterocycles. The number of aryl methyl sites for hydroxylation is 11. The molecule has 6 heterocycles. The summed E-state index contributed by atoms with van der Waals surface area (Å²) in [7, 11) is 0. The van der Waals surface area contributed by atoms with E-state index in [1.165, 1.54) is 0 Å². The standard InChI is InChI=1S/3C7H10N2.6C6H6.2C5H6N2.C4H4N2.6C2H6.6CH3.6V/c3*1-5-4-6(2)9-7(3)8-5;6*1-2-4-6-5-3-1;2*1-5-4-6-2-3-7-5;1-2-6-4-3-5-1;6*1-2;;;;;;;;;;;;/h3*4H,1-3H3;6*1-6H;2*2-4H,1H3;1-4H;6*1-2H3;6*1H3;;;;;;/q;;;;;;;;;;;;;;;;;;6*-1;;;;;;. The van der Waals surface area contributed by atoms with Gasteiger partial charge in [-0.05, 0) is 94.4 Å². The maximum Gasteiger partial charge on any atom is 0.125 e. The van der Waals surface area contributed by atoms with Gasteiger partial charge in [-0.3, -0.25) is 29.9 Å². The van der Waals surface area contributed by atoms with Gasteiger partial charge in [0.1, 0.15) is 17.5 Å². The number of rotatable bonds is 0. The molecule has 12 nitrogen and oxygen atoms in total. The molecule has 0 unspecified atom stereocenters. The van der Waals surface area contributed by atoms with Crippen molar-refractivity contribution in [1.29, 1.82) is 0 Å². The Balaban J connectivity index is -0.0000000494. The van der Waals surface area contributed by atoms with Gasteiger partial charge in [0, 0.05) is 207 Å². The summed E-state index contributed by atoms with van der Waals surface area (Å²) in [6.07, 6.45) is 16.7. The van der Waals surface area contributed by atoms with Crippen LogP contribution in [0, 0.1) is 121 Å². The van der Waals surface area contributed by atoms with Crippen molar-refractivity contribution in [3.63, 3.8) is 0 Å². The van der Waals surface area contributed by atoms with E-state index in [0.717, 1.165) is 63.0 Å². The summed E-state index contributed by atoms with van der Waals surface area (Å²) in [4.78, 5) is 47.7. The van der Waals surface area contributed by atoms with Crippen LogP contribution in [0.15, 0.2) is 299 Å². The number of hydrogen-bond acceptors (Lipinski definition) is 12. The van der Waals surface area contributed by atoms with Crippen LogP contribution in [-0.4, -0.2) is 59.8 Å². The topological polar surface area (TPSA) is 155 Å². The molecular formula is C89H136N12V6-6. The minimum Gasteiger partial charge on any atom is -0.358 e. The van der Waals surface area contributed by atoms with Crippen LogP contribution in [0.1, 0.15) is 146 Å². The molecule has 0 saturated carbocycles. The fourth-order valence-corrected chi connectivity index (χ4v) is 6.02. The SMILES string of the molecule is CC.CC.CC.CC.CC.CC.Cc1cc(C)nc(C)n1.Cc1cc(C)nc(C)n1.Cc1cc(C)nc(C)n1.Cc1cnccn1.Cc1cnccn1.[CH3-].[CH3-].[CH3-].[CH3-].[CH3-].[CH3-].[V].[V].[V].[V].[V].[V].c1ccccc1.c1ccccc1.c1ccccc1.c1ccccc1.c1ccccc1.c1ccccc1.c1cnccn1. The average molecular weight is 1680 g/mol. The summed E-state index contributed by atoms with van der Waals surface area (Å²) in [5, 5.41) is 0. The summed E-state index contributed by atoms with van der Waals surface area (Å²) in [6.45, 7) is 45.4. The van der Waals surface area contributed by atoms with E-state index in [0.29, 0.717) is 0 Å². The van der Waals surface area contributed by atoms with E-state index in [1.54, 1.807) is 62.0 Å². The van der Waals surface area contributed by atoms with Gasteiger partial charge >= 0.3 is 0 Å². The Morgan fingerprint density at radius 1 is 0.159 bits per heavy atom. The van der Waals surface area contributed by atoms with Crippen LogP contribution in [0.4, 0.5) is 0 Å². The van der Waals surface area contributed by atoms with E-state index < -0.39 is 0 Å². The van der Waals surface area contributed by atoms with Crippen LogP contribution in [0.25, 0.3) is 0 Å². The molecule has 0 spiro atoms. The van der Waals surface area contributed by atoms with Gasteiger partial charge in [0.2, 0.25) is 0 Å². The molecule has 6 aromatic carbocycles. The molecule has 6 radical (unpaired) electrons. The first-order chi connectivity index (χ1) is 46.3. The largest absolute Gasteiger partial charge is 0.358 e. The van der Waals surface area contributed by atoms with Crippen LogP contribution < -0.4 is 0 Å². The van der Waals surface area contributed by atoms with E-state index in [-0.39, 0.29) is 156 Å². The maximum absolute atomic E-state index is 4.12. The average Bonchev–Trinajstić information content (AvgIpc) is 0.928. The normalized spacial score (nSPS) is 7.06. The Morgan fingerprint density at radius 2 is 0.271 bits per heavy atom. The predicted molar refractivity (Wildman–Crippen MR) is 450 cm³/mol. The van der Waals surface area contributed by atoms with Crippen molar-refractivity contribution < 1.29 is 111 Å². The Bertz CT molecular complexity index is 2450. The molecule has 0 fully saturated rings. The molecule has 18 heteroatoms. The zero-order valence-corrected chi connectivity index (χ0v) is 79.2. The first kappa shape index (κ1) is 146. The van der Waals surface area contributed by atoms with Crippen molar-refractivity contribution in [2.45, 2.75) is 159 Å². The van der Waals surface area contributed by atoms with Gasteiger partial charge in [0.05, 0.1) is 11.4 Å². The minimum atomic E-state index is 0. The summed E-state index contributed by atoms with van der Waals surface area (Å²) in [6, 6.07) is 77.9.